The number of benzene rings is 3. The molecule has 8 nitrogen and oxygen atoms in total. The van der Waals surface area contributed by atoms with Gasteiger partial charge < -0.3 is 19.1 Å². The summed E-state index contributed by atoms with van der Waals surface area (Å²) in [7, 11) is 1.55. The maximum Gasteiger partial charge on any atom is 0.311 e. The van der Waals surface area contributed by atoms with Crippen LogP contribution in [-0.4, -0.2) is 44.1 Å². The van der Waals surface area contributed by atoms with Crippen molar-refractivity contribution in [2.75, 3.05) is 38.3 Å². The highest BCUT2D eigenvalue weighted by Crippen LogP contribution is 2.30. The molecule has 1 aliphatic rings. The predicted molar refractivity (Wildman–Crippen MR) is 138 cm³/mol. The van der Waals surface area contributed by atoms with Crippen molar-refractivity contribution in [3.63, 3.8) is 0 Å². The largest absolute Gasteiger partial charge is 0.496 e. The average molecular weight is 489 g/mol. The van der Waals surface area contributed by atoms with Crippen LogP contribution in [0, 0.1) is 17.0 Å². The van der Waals surface area contributed by atoms with Gasteiger partial charge in [0.2, 0.25) is 0 Å². The fourth-order valence-electron chi connectivity index (χ4n) is 3.99. The molecule has 8 heteroatoms. The summed E-state index contributed by atoms with van der Waals surface area (Å²) in [5, 5.41) is 11.4. The van der Waals surface area contributed by atoms with E-state index in [0.29, 0.717) is 30.1 Å². The fourth-order valence-corrected chi connectivity index (χ4v) is 3.99. The van der Waals surface area contributed by atoms with Crippen LogP contribution in [0.2, 0.25) is 0 Å². The van der Waals surface area contributed by atoms with Crippen LogP contribution in [0.15, 0.2) is 66.7 Å². The Balaban J connectivity index is 1.45. The summed E-state index contributed by atoms with van der Waals surface area (Å²) in [4.78, 5) is 25.9. The Morgan fingerprint density at radius 3 is 2.47 bits per heavy atom. The van der Waals surface area contributed by atoms with Gasteiger partial charge in [0.15, 0.2) is 11.5 Å². The van der Waals surface area contributed by atoms with E-state index >= 15 is 0 Å². The normalized spacial score (nSPS) is 13.6. The number of nitro benzene ring substituents is 1. The van der Waals surface area contributed by atoms with Gasteiger partial charge in [-0.15, -0.1) is 0 Å². The summed E-state index contributed by atoms with van der Waals surface area (Å²) in [5.74, 6) is 0.670. The maximum absolute atomic E-state index is 12.7. The van der Waals surface area contributed by atoms with Crippen molar-refractivity contribution >= 4 is 23.2 Å². The number of carbonyl (C=O) groups is 1. The topological polar surface area (TPSA) is 91.1 Å². The minimum Gasteiger partial charge on any atom is -0.496 e. The van der Waals surface area contributed by atoms with Crippen molar-refractivity contribution in [3.8, 4) is 11.5 Å². The smallest absolute Gasteiger partial charge is 0.311 e. The van der Waals surface area contributed by atoms with Gasteiger partial charge in [0.25, 0.3) is 0 Å². The van der Waals surface area contributed by atoms with Gasteiger partial charge in [0, 0.05) is 36.0 Å². The van der Waals surface area contributed by atoms with Gasteiger partial charge in [-0.2, -0.15) is 0 Å². The summed E-state index contributed by atoms with van der Waals surface area (Å²) in [6, 6.07) is 17.9. The van der Waals surface area contributed by atoms with Gasteiger partial charge >= 0.3 is 5.69 Å². The number of nitrogens with zero attached hydrogens (tertiary/aromatic N) is 2. The number of hydrogen-bond acceptors (Lipinski definition) is 7. The van der Waals surface area contributed by atoms with E-state index in [9.17, 15) is 14.9 Å². The summed E-state index contributed by atoms with van der Waals surface area (Å²) >= 11 is 0. The van der Waals surface area contributed by atoms with Gasteiger partial charge in [-0.05, 0) is 66.6 Å². The van der Waals surface area contributed by atoms with Crippen LogP contribution in [0.4, 0.5) is 11.4 Å². The molecule has 1 heterocycles. The first-order chi connectivity index (χ1) is 17.4. The van der Waals surface area contributed by atoms with E-state index in [1.807, 2.05) is 36.4 Å². The van der Waals surface area contributed by atoms with Crippen LogP contribution in [-0.2, 0) is 11.3 Å². The number of carbonyl (C=O) groups excluding carboxylic acids is 1. The summed E-state index contributed by atoms with van der Waals surface area (Å²) in [5.41, 5.74) is 3.86. The SMILES string of the molecule is COc1ccc(/C=C/C(=O)c2ccc(N3CCOCC3)cc2)cc1COc1ccc(C)cc1[N+](=O)[O-]. The minimum atomic E-state index is -0.460. The van der Waals surface area contributed by atoms with Crippen LogP contribution >= 0.6 is 0 Å². The summed E-state index contributed by atoms with van der Waals surface area (Å²) in [6.07, 6.45) is 3.26. The molecule has 0 unspecified atom stereocenters. The number of hydrogen-bond donors (Lipinski definition) is 0. The lowest BCUT2D eigenvalue weighted by Crippen LogP contribution is -2.36. The number of methoxy groups -OCH3 is 1. The third kappa shape index (κ3) is 6.09. The third-order valence-corrected chi connectivity index (χ3v) is 5.95. The molecule has 0 saturated carbocycles. The molecule has 3 aromatic rings. The molecule has 0 atom stereocenters. The zero-order valence-corrected chi connectivity index (χ0v) is 20.3. The number of anilines is 1. The molecule has 1 fully saturated rings. The Kier molecular flexibility index (Phi) is 7.97. The second kappa shape index (κ2) is 11.5. The first-order valence-electron chi connectivity index (χ1n) is 11.6. The Labute approximate surface area is 209 Å². The molecule has 0 radical (unpaired) electrons. The molecule has 186 valence electrons. The van der Waals surface area contributed by atoms with Crippen LogP contribution < -0.4 is 14.4 Å². The highest BCUT2D eigenvalue weighted by molar-refractivity contribution is 6.07. The molecule has 0 aromatic heterocycles. The molecule has 0 N–H and O–H groups in total. The molecule has 0 aliphatic carbocycles. The predicted octanol–water partition coefficient (Wildman–Crippen LogP) is 5.22. The van der Waals surface area contributed by atoms with Gasteiger partial charge in [0.05, 0.1) is 25.2 Å². The van der Waals surface area contributed by atoms with Crippen LogP contribution in [0.25, 0.3) is 6.08 Å². The number of nitro groups is 1. The second-order valence-corrected chi connectivity index (χ2v) is 8.43. The molecule has 4 rings (SSSR count). The summed E-state index contributed by atoms with van der Waals surface area (Å²) < 4.78 is 16.6. The Morgan fingerprint density at radius 1 is 1.06 bits per heavy atom. The highest BCUT2D eigenvalue weighted by atomic mass is 16.6. The first-order valence-corrected chi connectivity index (χ1v) is 11.6. The lowest BCUT2D eigenvalue weighted by Gasteiger charge is -2.28. The van der Waals surface area contributed by atoms with E-state index < -0.39 is 4.92 Å². The van der Waals surface area contributed by atoms with Crippen LogP contribution in [0.3, 0.4) is 0 Å². The van der Waals surface area contributed by atoms with E-state index in [2.05, 4.69) is 4.90 Å². The Morgan fingerprint density at radius 2 is 1.78 bits per heavy atom. The molecule has 36 heavy (non-hydrogen) atoms. The molecule has 1 saturated heterocycles. The molecular weight excluding hydrogens is 460 g/mol. The first kappa shape index (κ1) is 24.9. The zero-order chi connectivity index (χ0) is 25.5. The number of ketones is 1. The quantitative estimate of drug-likeness (QED) is 0.176. The molecule has 0 bridgehead atoms. The summed E-state index contributed by atoms with van der Waals surface area (Å²) in [6.45, 7) is 4.96. The van der Waals surface area contributed by atoms with Gasteiger partial charge in [-0.1, -0.05) is 18.2 Å². The van der Waals surface area contributed by atoms with Crippen molar-refractivity contribution in [2.45, 2.75) is 13.5 Å². The van der Waals surface area contributed by atoms with Crippen molar-refractivity contribution in [3.05, 3.63) is 99.1 Å². The minimum absolute atomic E-state index is 0.0751. The lowest BCUT2D eigenvalue weighted by atomic mass is 10.1. The van der Waals surface area contributed by atoms with Crippen LogP contribution in [0.5, 0.6) is 11.5 Å². The van der Waals surface area contributed by atoms with Crippen LogP contribution in [0.1, 0.15) is 27.0 Å². The Bertz CT molecular complexity index is 1260. The second-order valence-electron chi connectivity index (χ2n) is 8.43. The van der Waals surface area contributed by atoms with Gasteiger partial charge in [-0.3, -0.25) is 14.9 Å². The molecule has 3 aromatic carbocycles. The lowest BCUT2D eigenvalue weighted by molar-refractivity contribution is -0.386. The number of morpholine rings is 1. The molecule has 0 spiro atoms. The number of allylic oxidation sites excluding steroid dienone is 1. The van der Waals surface area contributed by atoms with Gasteiger partial charge in [-0.25, -0.2) is 0 Å². The van der Waals surface area contributed by atoms with E-state index in [0.717, 1.165) is 29.9 Å². The standard InChI is InChI=1S/C28H28N2O6/c1-20-3-11-28(25(17-20)30(32)33)36-19-23-18-21(5-12-27(23)34-2)4-10-26(31)22-6-8-24(9-7-22)29-13-15-35-16-14-29/h3-12,17-18H,13-16,19H2,1-2H3/b10-4+. The van der Waals surface area contributed by atoms with E-state index in [1.54, 1.807) is 38.3 Å². The highest BCUT2D eigenvalue weighted by Gasteiger charge is 2.16. The van der Waals surface area contributed by atoms with Crippen molar-refractivity contribution in [2.24, 2.45) is 0 Å². The van der Waals surface area contributed by atoms with E-state index in [4.69, 9.17) is 14.2 Å². The number of rotatable bonds is 9. The van der Waals surface area contributed by atoms with Crippen molar-refractivity contribution in [1.29, 1.82) is 0 Å². The van der Waals surface area contributed by atoms with E-state index in [-0.39, 0.29) is 23.8 Å². The molecule has 1 aliphatic heterocycles. The monoisotopic (exact) mass is 488 g/mol. The van der Waals surface area contributed by atoms with Crippen molar-refractivity contribution in [1.82, 2.24) is 0 Å². The molecular formula is C28H28N2O6. The Hall–Kier alpha value is -4.17. The number of aryl methyl sites for hydroxylation is 1. The fraction of sp³-hybridized carbons (Fsp3) is 0.250. The number of ether oxygens (including phenoxy) is 3. The van der Waals surface area contributed by atoms with Crippen molar-refractivity contribution < 1.29 is 23.9 Å². The molecule has 0 amide bonds. The average Bonchev–Trinajstić information content (AvgIpc) is 2.91. The third-order valence-electron chi connectivity index (χ3n) is 5.95. The van der Waals surface area contributed by atoms with E-state index in [1.165, 1.54) is 12.1 Å². The maximum atomic E-state index is 12.7. The van der Waals surface area contributed by atoms with Gasteiger partial charge in [0.1, 0.15) is 12.4 Å². The zero-order valence-electron chi connectivity index (χ0n) is 20.3.